The largest absolute Gasteiger partial charge is 0.503 e. The molecule has 3 nitrogen and oxygen atoms in total. The molecule has 0 heterocycles. The maximum Gasteiger partial charge on any atom is 0.204 e. The minimum atomic E-state index is -0.492. The van der Waals surface area contributed by atoms with E-state index in [1.807, 2.05) is 0 Å². The Labute approximate surface area is 59.5 Å². The SMILES string of the molecule is CC1(C)CC(N)=C(O)C1=O. The van der Waals surface area contributed by atoms with Crippen LogP contribution in [0.1, 0.15) is 20.3 Å². The lowest BCUT2D eigenvalue weighted by atomic mass is 9.89. The Kier molecular flexibility index (Phi) is 1.24. The standard InChI is InChI=1S/C7H11NO2/c1-7(2)3-4(8)5(9)6(7)10/h9H,3,8H2,1-2H3. The Hall–Kier alpha value is -0.990. The normalized spacial score (nSPS) is 24.0. The van der Waals surface area contributed by atoms with Crippen LogP contribution < -0.4 is 5.73 Å². The van der Waals surface area contributed by atoms with Gasteiger partial charge in [0, 0.05) is 11.8 Å². The molecule has 1 rings (SSSR count). The number of rotatable bonds is 0. The van der Waals surface area contributed by atoms with E-state index in [-0.39, 0.29) is 11.5 Å². The molecule has 0 aliphatic heterocycles. The lowest BCUT2D eigenvalue weighted by molar-refractivity contribution is -0.124. The minimum absolute atomic E-state index is 0.245. The van der Waals surface area contributed by atoms with Gasteiger partial charge in [0.25, 0.3) is 0 Å². The number of carbonyl (C=O) groups is 1. The topological polar surface area (TPSA) is 63.3 Å². The Bertz CT molecular complexity index is 216. The van der Waals surface area contributed by atoms with E-state index in [4.69, 9.17) is 10.8 Å². The van der Waals surface area contributed by atoms with E-state index in [9.17, 15) is 4.79 Å². The van der Waals surface area contributed by atoms with Crippen LogP contribution >= 0.6 is 0 Å². The molecule has 1 aliphatic carbocycles. The van der Waals surface area contributed by atoms with Crippen LogP contribution in [0, 0.1) is 5.41 Å². The van der Waals surface area contributed by atoms with Gasteiger partial charge in [-0.2, -0.15) is 0 Å². The number of hydrogen-bond acceptors (Lipinski definition) is 3. The molecular formula is C7H11NO2. The van der Waals surface area contributed by atoms with Gasteiger partial charge in [-0.1, -0.05) is 13.8 Å². The van der Waals surface area contributed by atoms with Gasteiger partial charge < -0.3 is 10.8 Å². The fourth-order valence-electron chi connectivity index (χ4n) is 1.11. The maximum absolute atomic E-state index is 11.0. The van der Waals surface area contributed by atoms with E-state index in [1.54, 1.807) is 13.8 Å². The summed E-state index contributed by atoms with van der Waals surface area (Å²) in [7, 11) is 0. The molecule has 0 saturated carbocycles. The monoisotopic (exact) mass is 141 g/mol. The van der Waals surface area contributed by atoms with Crippen molar-refractivity contribution in [3.63, 3.8) is 0 Å². The third-order valence-electron chi connectivity index (χ3n) is 1.77. The first-order valence-electron chi connectivity index (χ1n) is 3.17. The number of Topliss-reactive ketones (excluding diaryl/α,β-unsaturated/α-hetero) is 1. The summed E-state index contributed by atoms with van der Waals surface area (Å²) in [4.78, 5) is 11.0. The molecule has 0 aromatic rings. The van der Waals surface area contributed by atoms with Gasteiger partial charge in [0.05, 0.1) is 5.70 Å². The molecule has 0 spiro atoms. The highest BCUT2D eigenvalue weighted by Crippen LogP contribution is 2.34. The van der Waals surface area contributed by atoms with Crippen LogP contribution in [0.2, 0.25) is 0 Å². The molecule has 10 heavy (non-hydrogen) atoms. The highest BCUT2D eigenvalue weighted by Gasteiger charge is 2.38. The maximum atomic E-state index is 11.0. The summed E-state index contributed by atoms with van der Waals surface area (Å²) in [5.74, 6) is -0.491. The van der Waals surface area contributed by atoms with Gasteiger partial charge in [-0.25, -0.2) is 0 Å². The lowest BCUT2D eigenvalue weighted by Crippen LogP contribution is -2.19. The highest BCUT2D eigenvalue weighted by atomic mass is 16.3. The van der Waals surface area contributed by atoms with Crippen LogP contribution in [-0.2, 0) is 4.79 Å². The fourth-order valence-corrected chi connectivity index (χ4v) is 1.11. The zero-order valence-corrected chi connectivity index (χ0v) is 6.14. The van der Waals surface area contributed by atoms with Crippen LogP contribution in [0.4, 0.5) is 0 Å². The van der Waals surface area contributed by atoms with Gasteiger partial charge >= 0.3 is 0 Å². The number of allylic oxidation sites excluding steroid dienone is 2. The summed E-state index contributed by atoms with van der Waals surface area (Å²) in [6.45, 7) is 3.54. The Balaban J connectivity index is 2.99. The molecule has 0 bridgehead atoms. The summed E-state index contributed by atoms with van der Waals surface area (Å²) >= 11 is 0. The van der Waals surface area contributed by atoms with Crippen LogP contribution in [0.25, 0.3) is 0 Å². The number of aliphatic hydroxyl groups excluding tert-OH is 1. The molecule has 3 N–H and O–H groups in total. The molecule has 1 aliphatic rings. The molecule has 0 radical (unpaired) electrons. The second-order valence-electron chi connectivity index (χ2n) is 3.26. The third-order valence-corrected chi connectivity index (χ3v) is 1.77. The Morgan fingerprint density at radius 3 is 2.20 bits per heavy atom. The van der Waals surface area contributed by atoms with Crippen LogP contribution in [-0.4, -0.2) is 10.9 Å². The minimum Gasteiger partial charge on any atom is -0.503 e. The average molecular weight is 141 g/mol. The first-order chi connectivity index (χ1) is 4.45. The summed E-state index contributed by atoms with van der Waals surface area (Å²) in [5.41, 5.74) is 5.18. The number of ketones is 1. The number of carbonyl (C=O) groups excluding carboxylic acids is 1. The summed E-state index contributed by atoms with van der Waals surface area (Å²) in [5, 5.41) is 9.01. The van der Waals surface area contributed by atoms with E-state index in [0.29, 0.717) is 12.1 Å². The Morgan fingerprint density at radius 1 is 1.60 bits per heavy atom. The molecule has 0 amide bonds. The van der Waals surface area contributed by atoms with Crippen molar-refractivity contribution in [3.05, 3.63) is 11.5 Å². The van der Waals surface area contributed by atoms with E-state index in [0.717, 1.165) is 0 Å². The first kappa shape index (κ1) is 7.12. The molecule has 0 aromatic carbocycles. The van der Waals surface area contributed by atoms with Crippen molar-refractivity contribution in [1.82, 2.24) is 0 Å². The van der Waals surface area contributed by atoms with Gasteiger partial charge in [-0.05, 0) is 0 Å². The first-order valence-corrected chi connectivity index (χ1v) is 3.17. The van der Waals surface area contributed by atoms with Crippen molar-refractivity contribution in [1.29, 1.82) is 0 Å². The fraction of sp³-hybridized carbons (Fsp3) is 0.571. The van der Waals surface area contributed by atoms with E-state index in [1.165, 1.54) is 0 Å². The lowest BCUT2D eigenvalue weighted by Gasteiger charge is -2.12. The molecule has 0 saturated heterocycles. The highest BCUT2D eigenvalue weighted by molar-refractivity contribution is 6.00. The van der Waals surface area contributed by atoms with Crippen molar-refractivity contribution in [2.24, 2.45) is 11.1 Å². The number of aliphatic hydroxyl groups is 1. The van der Waals surface area contributed by atoms with Gasteiger partial charge in [0.1, 0.15) is 0 Å². The van der Waals surface area contributed by atoms with Crippen LogP contribution in [0.15, 0.2) is 11.5 Å². The van der Waals surface area contributed by atoms with Crippen molar-refractivity contribution < 1.29 is 9.90 Å². The van der Waals surface area contributed by atoms with Gasteiger partial charge in [0.15, 0.2) is 5.76 Å². The predicted octanol–water partition coefficient (Wildman–Crippen LogP) is 0.714. The quantitative estimate of drug-likeness (QED) is 0.522. The van der Waals surface area contributed by atoms with Crippen molar-refractivity contribution in [2.75, 3.05) is 0 Å². The molecule has 56 valence electrons. The zero-order valence-electron chi connectivity index (χ0n) is 6.14. The Morgan fingerprint density at radius 2 is 2.10 bits per heavy atom. The molecule has 0 fully saturated rings. The van der Waals surface area contributed by atoms with Crippen LogP contribution in [0.3, 0.4) is 0 Å². The molecule has 0 atom stereocenters. The van der Waals surface area contributed by atoms with E-state index >= 15 is 0 Å². The van der Waals surface area contributed by atoms with Crippen LogP contribution in [0.5, 0.6) is 0 Å². The zero-order chi connectivity index (χ0) is 7.94. The van der Waals surface area contributed by atoms with Gasteiger partial charge in [-0.15, -0.1) is 0 Å². The summed E-state index contributed by atoms with van der Waals surface area (Å²) in [6, 6.07) is 0. The van der Waals surface area contributed by atoms with Crippen molar-refractivity contribution in [3.8, 4) is 0 Å². The van der Waals surface area contributed by atoms with E-state index < -0.39 is 5.41 Å². The average Bonchev–Trinajstić information content (AvgIpc) is 1.95. The van der Waals surface area contributed by atoms with E-state index in [2.05, 4.69) is 0 Å². The number of nitrogens with two attached hydrogens (primary N) is 1. The third kappa shape index (κ3) is 0.781. The second kappa shape index (κ2) is 1.75. The number of hydrogen-bond donors (Lipinski definition) is 2. The molecule has 3 heteroatoms. The molecule has 0 aromatic heterocycles. The van der Waals surface area contributed by atoms with Crippen molar-refractivity contribution in [2.45, 2.75) is 20.3 Å². The van der Waals surface area contributed by atoms with Crippen molar-refractivity contribution >= 4 is 5.78 Å². The smallest absolute Gasteiger partial charge is 0.204 e. The predicted molar refractivity (Wildman–Crippen MR) is 37.2 cm³/mol. The molecule has 0 unspecified atom stereocenters. The molecular weight excluding hydrogens is 130 g/mol. The summed E-state index contributed by atoms with van der Waals surface area (Å²) in [6.07, 6.45) is 0.470. The van der Waals surface area contributed by atoms with Gasteiger partial charge in [-0.3, -0.25) is 4.79 Å². The van der Waals surface area contributed by atoms with Gasteiger partial charge in [0.2, 0.25) is 5.78 Å². The summed E-state index contributed by atoms with van der Waals surface area (Å²) < 4.78 is 0. The second-order valence-corrected chi connectivity index (χ2v) is 3.26.